The molecule has 29 heavy (non-hydrogen) atoms. The second-order valence-corrected chi connectivity index (χ2v) is 7.85. The van der Waals surface area contributed by atoms with Crippen LogP contribution in [-0.4, -0.2) is 17.9 Å². The van der Waals surface area contributed by atoms with Crippen LogP contribution in [0.2, 0.25) is 10.0 Å². The molecule has 7 heteroatoms. The quantitative estimate of drug-likeness (QED) is 0.270. The standard InChI is InChI=1S/C22H18Cl2N2O2S/c23-18-9-11-19(12-10-18)29-15-22(27)26-25-13-16-5-2-4-8-21(16)28-14-17-6-1-3-7-20(17)24/h1-13H,14-15H2,(H,26,27)/b25-13-. The number of hydrazone groups is 1. The minimum Gasteiger partial charge on any atom is -0.488 e. The van der Waals surface area contributed by atoms with Crippen molar-refractivity contribution in [3.8, 4) is 5.75 Å². The van der Waals surface area contributed by atoms with Crippen molar-refractivity contribution in [2.45, 2.75) is 11.5 Å². The van der Waals surface area contributed by atoms with Crippen LogP contribution in [0.3, 0.4) is 0 Å². The summed E-state index contributed by atoms with van der Waals surface area (Å²) in [4.78, 5) is 13.0. The average Bonchev–Trinajstić information content (AvgIpc) is 2.73. The molecule has 0 heterocycles. The molecule has 4 nitrogen and oxygen atoms in total. The molecule has 0 fully saturated rings. The van der Waals surface area contributed by atoms with Gasteiger partial charge in [-0.25, -0.2) is 5.43 Å². The Morgan fingerprint density at radius 2 is 1.72 bits per heavy atom. The van der Waals surface area contributed by atoms with Gasteiger partial charge in [0.25, 0.3) is 0 Å². The third kappa shape index (κ3) is 6.82. The second-order valence-electron chi connectivity index (χ2n) is 5.95. The van der Waals surface area contributed by atoms with Crippen molar-refractivity contribution < 1.29 is 9.53 Å². The minimum absolute atomic E-state index is 0.198. The number of benzene rings is 3. The first-order valence-corrected chi connectivity index (χ1v) is 10.5. The van der Waals surface area contributed by atoms with Crippen molar-refractivity contribution in [1.82, 2.24) is 5.43 Å². The lowest BCUT2D eigenvalue weighted by atomic mass is 10.2. The van der Waals surface area contributed by atoms with Crippen molar-refractivity contribution >= 4 is 47.1 Å². The van der Waals surface area contributed by atoms with Gasteiger partial charge in [0, 0.05) is 26.1 Å². The third-order valence-electron chi connectivity index (χ3n) is 3.84. The van der Waals surface area contributed by atoms with E-state index >= 15 is 0 Å². The maximum Gasteiger partial charge on any atom is 0.250 e. The van der Waals surface area contributed by atoms with Gasteiger partial charge >= 0.3 is 0 Å². The molecule has 3 aromatic carbocycles. The van der Waals surface area contributed by atoms with E-state index in [0.29, 0.717) is 22.4 Å². The molecule has 0 saturated heterocycles. The molecule has 0 aliphatic rings. The summed E-state index contributed by atoms with van der Waals surface area (Å²) in [7, 11) is 0. The van der Waals surface area contributed by atoms with Crippen LogP contribution >= 0.6 is 35.0 Å². The number of hydrogen-bond donors (Lipinski definition) is 1. The molecule has 148 valence electrons. The number of carbonyl (C=O) groups excluding carboxylic acids is 1. The van der Waals surface area contributed by atoms with Crippen LogP contribution < -0.4 is 10.2 Å². The molecular weight excluding hydrogens is 427 g/mol. The number of para-hydroxylation sites is 1. The molecule has 0 aliphatic heterocycles. The van der Waals surface area contributed by atoms with Crippen LogP contribution in [-0.2, 0) is 11.4 Å². The zero-order valence-electron chi connectivity index (χ0n) is 15.3. The lowest BCUT2D eigenvalue weighted by Crippen LogP contribution is -2.19. The Morgan fingerprint density at radius 1 is 1.00 bits per heavy atom. The smallest absolute Gasteiger partial charge is 0.250 e. The molecule has 0 saturated carbocycles. The zero-order valence-corrected chi connectivity index (χ0v) is 17.7. The van der Waals surface area contributed by atoms with Crippen molar-refractivity contribution in [2.24, 2.45) is 5.10 Å². The highest BCUT2D eigenvalue weighted by molar-refractivity contribution is 8.00. The second kappa shape index (κ2) is 10.9. The van der Waals surface area contributed by atoms with Gasteiger partial charge in [0.2, 0.25) is 5.91 Å². The summed E-state index contributed by atoms with van der Waals surface area (Å²) < 4.78 is 5.87. The van der Waals surface area contributed by atoms with Crippen molar-refractivity contribution in [3.63, 3.8) is 0 Å². The van der Waals surface area contributed by atoms with Gasteiger partial charge in [-0.05, 0) is 42.5 Å². The van der Waals surface area contributed by atoms with Crippen LogP contribution in [0.15, 0.2) is 82.8 Å². The average molecular weight is 445 g/mol. The molecule has 1 amide bonds. The fourth-order valence-electron chi connectivity index (χ4n) is 2.38. The first-order valence-electron chi connectivity index (χ1n) is 8.77. The monoisotopic (exact) mass is 444 g/mol. The summed E-state index contributed by atoms with van der Waals surface area (Å²) >= 11 is 13.4. The zero-order chi connectivity index (χ0) is 20.5. The molecule has 0 aromatic heterocycles. The van der Waals surface area contributed by atoms with E-state index in [1.54, 1.807) is 18.3 Å². The predicted octanol–water partition coefficient (Wildman–Crippen LogP) is 5.81. The van der Waals surface area contributed by atoms with Gasteiger partial charge in [-0.3, -0.25) is 4.79 Å². The number of rotatable bonds is 8. The predicted molar refractivity (Wildman–Crippen MR) is 120 cm³/mol. The number of thioether (sulfide) groups is 1. The molecule has 0 bridgehead atoms. The molecule has 1 N–H and O–H groups in total. The Morgan fingerprint density at radius 3 is 2.52 bits per heavy atom. The maximum atomic E-state index is 12.0. The van der Waals surface area contributed by atoms with Crippen LogP contribution in [0.1, 0.15) is 11.1 Å². The summed E-state index contributed by atoms with van der Waals surface area (Å²) in [5.74, 6) is 0.709. The van der Waals surface area contributed by atoms with E-state index in [0.717, 1.165) is 16.0 Å². The summed E-state index contributed by atoms with van der Waals surface area (Å²) in [6.45, 7) is 0.342. The van der Waals surface area contributed by atoms with Gasteiger partial charge in [-0.15, -0.1) is 11.8 Å². The largest absolute Gasteiger partial charge is 0.488 e. The molecule has 3 rings (SSSR count). The van der Waals surface area contributed by atoms with E-state index in [1.807, 2.05) is 60.7 Å². The fraction of sp³-hybridized carbons (Fsp3) is 0.0909. The number of nitrogens with zero attached hydrogens (tertiary/aromatic N) is 1. The molecular formula is C22H18Cl2N2O2S. The number of hydrogen-bond acceptors (Lipinski definition) is 4. The van der Waals surface area contributed by atoms with Gasteiger partial charge < -0.3 is 4.74 Å². The highest BCUT2D eigenvalue weighted by Crippen LogP contribution is 2.21. The number of halogens is 2. The summed E-state index contributed by atoms with van der Waals surface area (Å²) in [6.07, 6.45) is 1.56. The Hall–Kier alpha value is -2.47. The molecule has 3 aromatic rings. The Labute approximate surface area is 183 Å². The van der Waals surface area contributed by atoms with Crippen LogP contribution in [0.25, 0.3) is 0 Å². The van der Waals surface area contributed by atoms with Gasteiger partial charge in [0.05, 0.1) is 12.0 Å². The van der Waals surface area contributed by atoms with Crippen molar-refractivity contribution in [2.75, 3.05) is 5.75 Å². The number of nitrogens with one attached hydrogen (secondary N) is 1. The molecule has 0 radical (unpaired) electrons. The first kappa shape index (κ1) is 21.2. The van der Waals surface area contributed by atoms with E-state index in [9.17, 15) is 4.79 Å². The van der Waals surface area contributed by atoms with Gasteiger partial charge in [0.1, 0.15) is 12.4 Å². The van der Waals surface area contributed by atoms with Crippen LogP contribution in [0.5, 0.6) is 5.75 Å². The fourth-order valence-corrected chi connectivity index (χ4v) is 3.38. The number of ether oxygens (including phenoxy) is 1. The molecule has 0 atom stereocenters. The molecule has 0 aliphatic carbocycles. The number of amides is 1. The van der Waals surface area contributed by atoms with Gasteiger partial charge in [-0.2, -0.15) is 5.10 Å². The third-order valence-corrected chi connectivity index (χ3v) is 5.47. The van der Waals surface area contributed by atoms with Gasteiger partial charge in [-0.1, -0.05) is 53.5 Å². The summed E-state index contributed by atoms with van der Waals surface area (Å²) in [5, 5.41) is 5.36. The van der Waals surface area contributed by atoms with Crippen molar-refractivity contribution in [1.29, 1.82) is 0 Å². The van der Waals surface area contributed by atoms with E-state index in [4.69, 9.17) is 27.9 Å². The lowest BCUT2D eigenvalue weighted by Gasteiger charge is -2.10. The van der Waals surface area contributed by atoms with Crippen LogP contribution in [0.4, 0.5) is 0 Å². The maximum absolute atomic E-state index is 12.0. The van der Waals surface area contributed by atoms with E-state index in [1.165, 1.54) is 11.8 Å². The van der Waals surface area contributed by atoms with Gasteiger partial charge in [0.15, 0.2) is 0 Å². The topological polar surface area (TPSA) is 50.7 Å². The minimum atomic E-state index is -0.198. The van der Waals surface area contributed by atoms with E-state index in [2.05, 4.69) is 10.5 Å². The summed E-state index contributed by atoms with van der Waals surface area (Å²) in [6, 6.07) is 22.3. The van der Waals surface area contributed by atoms with Crippen LogP contribution in [0, 0.1) is 0 Å². The molecule has 0 spiro atoms. The SMILES string of the molecule is O=C(CSc1ccc(Cl)cc1)N/N=C\c1ccccc1OCc1ccccc1Cl. The van der Waals surface area contributed by atoms with E-state index in [-0.39, 0.29) is 11.7 Å². The lowest BCUT2D eigenvalue weighted by molar-refractivity contribution is -0.118. The molecule has 0 unspecified atom stereocenters. The highest BCUT2D eigenvalue weighted by atomic mass is 35.5. The Balaban J connectivity index is 1.53. The van der Waals surface area contributed by atoms with Crippen molar-refractivity contribution in [3.05, 3.63) is 94.0 Å². The Bertz CT molecular complexity index is 994. The normalized spacial score (nSPS) is 10.8. The highest BCUT2D eigenvalue weighted by Gasteiger charge is 2.05. The first-order chi connectivity index (χ1) is 14.1. The Kier molecular flexibility index (Phi) is 7.99. The van der Waals surface area contributed by atoms with E-state index < -0.39 is 0 Å². The summed E-state index contributed by atoms with van der Waals surface area (Å²) in [5.41, 5.74) is 4.18. The number of carbonyl (C=O) groups is 1.